The molecule has 4 aromatic rings. The zero-order valence-electron chi connectivity index (χ0n) is 17.8. The van der Waals surface area contributed by atoms with E-state index < -0.39 is 0 Å². The minimum atomic E-state index is -0.0403. The van der Waals surface area contributed by atoms with Crippen LogP contribution in [0.2, 0.25) is 0 Å². The standard InChI is InChI=1S/C24H25N5OS/c1-3-28(4-2)12-6-11-26-23(30)19-9-10-21-22(14-19)31-24-27-20(16-29(21)24)18-8-5-7-17(13-18)15-25/h5,7-10,13-14,16H,3-4,6,11-12H2,1-2H3,(H,26,30). The molecule has 158 valence electrons. The molecule has 0 saturated carbocycles. The van der Waals surface area contributed by atoms with E-state index in [1.165, 1.54) is 0 Å². The second kappa shape index (κ2) is 9.29. The van der Waals surface area contributed by atoms with Crippen LogP contribution in [0.15, 0.2) is 48.7 Å². The van der Waals surface area contributed by atoms with Crippen LogP contribution < -0.4 is 5.32 Å². The number of thiazole rings is 1. The fourth-order valence-electron chi connectivity index (χ4n) is 3.68. The van der Waals surface area contributed by atoms with Gasteiger partial charge in [-0.05, 0) is 56.4 Å². The average molecular weight is 432 g/mol. The van der Waals surface area contributed by atoms with E-state index in [4.69, 9.17) is 10.2 Å². The van der Waals surface area contributed by atoms with Crippen molar-refractivity contribution in [2.75, 3.05) is 26.2 Å². The van der Waals surface area contributed by atoms with Gasteiger partial charge in [-0.25, -0.2) is 4.98 Å². The third kappa shape index (κ3) is 4.46. The highest BCUT2D eigenvalue weighted by Gasteiger charge is 2.13. The Hall–Kier alpha value is -3.21. The van der Waals surface area contributed by atoms with Gasteiger partial charge in [0.1, 0.15) is 0 Å². The second-order valence-corrected chi connectivity index (χ2v) is 8.40. The van der Waals surface area contributed by atoms with E-state index in [0.717, 1.165) is 52.5 Å². The van der Waals surface area contributed by atoms with Crippen LogP contribution in [0.3, 0.4) is 0 Å². The van der Waals surface area contributed by atoms with Crippen LogP contribution in [0.5, 0.6) is 0 Å². The number of imidazole rings is 1. The number of nitrogens with one attached hydrogen (secondary N) is 1. The number of carbonyl (C=O) groups is 1. The third-order valence-electron chi connectivity index (χ3n) is 5.47. The summed E-state index contributed by atoms with van der Waals surface area (Å²) in [5.74, 6) is -0.0403. The Morgan fingerprint density at radius 1 is 1.23 bits per heavy atom. The molecule has 6 nitrogen and oxygen atoms in total. The summed E-state index contributed by atoms with van der Waals surface area (Å²) in [6.07, 6.45) is 2.93. The van der Waals surface area contributed by atoms with Gasteiger partial charge in [0.15, 0.2) is 4.96 Å². The van der Waals surface area contributed by atoms with Crippen molar-refractivity contribution in [3.8, 4) is 17.3 Å². The van der Waals surface area contributed by atoms with E-state index in [9.17, 15) is 4.79 Å². The highest BCUT2D eigenvalue weighted by atomic mass is 32.1. The van der Waals surface area contributed by atoms with Crippen molar-refractivity contribution < 1.29 is 4.79 Å². The number of fused-ring (bicyclic) bond motifs is 3. The Balaban J connectivity index is 1.49. The van der Waals surface area contributed by atoms with Crippen LogP contribution in [0.25, 0.3) is 26.4 Å². The van der Waals surface area contributed by atoms with Gasteiger partial charge in [-0.3, -0.25) is 9.20 Å². The van der Waals surface area contributed by atoms with Crippen LogP contribution in [-0.4, -0.2) is 46.4 Å². The first-order valence-electron chi connectivity index (χ1n) is 10.6. The predicted octanol–water partition coefficient (Wildman–Crippen LogP) is 4.55. The van der Waals surface area contributed by atoms with Gasteiger partial charge in [0.2, 0.25) is 0 Å². The van der Waals surface area contributed by atoms with Crippen LogP contribution in [-0.2, 0) is 0 Å². The number of benzene rings is 2. The molecular formula is C24H25N5OS. The Kier molecular flexibility index (Phi) is 6.31. The SMILES string of the molecule is CCN(CC)CCCNC(=O)c1ccc2c(c1)sc1nc(-c3cccc(C#N)c3)cn12. The van der Waals surface area contributed by atoms with Gasteiger partial charge in [0.05, 0.1) is 27.5 Å². The molecule has 2 aromatic heterocycles. The topological polar surface area (TPSA) is 73.4 Å². The number of amides is 1. The molecule has 0 aliphatic heterocycles. The molecule has 2 aromatic carbocycles. The van der Waals surface area contributed by atoms with E-state index in [-0.39, 0.29) is 5.91 Å². The van der Waals surface area contributed by atoms with Gasteiger partial charge in [0.25, 0.3) is 5.91 Å². The van der Waals surface area contributed by atoms with Crippen molar-refractivity contribution in [3.63, 3.8) is 0 Å². The monoisotopic (exact) mass is 431 g/mol. The molecule has 1 N–H and O–H groups in total. The van der Waals surface area contributed by atoms with Gasteiger partial charge >= 0.3 is 0 Å². The van der Waals surface area contributed by atoms with Crippen molar-refractivity contribution in [3.05, 3.63) is 59.8 Å². The zero-order chi connectivity index (χ0) is 21.8. The summed E-state index contributed by atoms with van der Waals surface area (Å²) in [6.45, 7) is 8.04. The lowest BCUT2D eigenvalue weighted by Crippen LogP contribution is -2.29. The smallest absolute Gasteiger partial charge is 0.251 e. The van der Waals surface area contributed by atoms with Gasteiger partial charge in [-0.2, -0.15) is 5.26 Å². The van der Waals surface area contributed by atoms with E-state index >= 15 is 0 Å². The molecule has 1 amide bonds. The van der Waals surface area contributed by atoms with Crippen molar-refractivity contribution in [1.82, 2.24) is 19.6 Å². The van der Waals surface area contributed by atoms with Crippen molar-refractivity contribution >= 4 is 32.4 Å². The third-order valence-corrected chi connectivity index (χ3v) is 6.49. The summed E-state index contributed by atoms with van der Waals surface area (Å²) >= 11 is 1.56. The first-order chi connectivity index (χ1) is 15.1. The molecule has 0 saturated heterocycles. The molecule has 0 atom stereocenters. The Labute approximate surface area is 185 Å². The first kappa shape index (κ1) is 21.0. The van der Waals surface area contributed by atoms with Crippen molar-refractivity contribution in [1.29, 1.82) is 5.26 Å². The van der Waals surface area contributed by atoms with E-state index in [1.54, 1.807) is 17.4 Å². The fraction of sp³-hybridized carbons (Fsp3) is 0.292. The molecule has 0 spiro atoms. The maximum atomic E-state index is 12.6. The fourth-order valence-corrected chi connectivity index (χ4v) is 4.72. The molecule has 0 aliphatic carbocycles. The summed E-state index contributed by atoms with van der Waals surface area (Å²) in [5.41, 5.74) is 4.06. The highest BCUT2D eigenvalue weighted by molar-refractivity contribution is 7.23. The molecule has 2 heterocycles. The highest BCUT2D eigenvalue weighted by Crippen LogP contribution is 2.30. The second-order valence-electron chi connectivity index (χ2n) is 7.39. The van der Waals surface area contributed by atoms with Gasteiger partial charge in [-0.1, -0.05) is 37.3 Å². The molecule has 0 unspecified atom stereocenters. The van der Waals surface area contributed by atoms with Crippen molar-refractivity contribution in [2.45, 2.75) is 20.3 Å². The number of nitrogens with zero attached hydrogens (tertiary/aromatic N) is 4. The largest absolute Gasteiger partial charge is 0.352 e. The molecule has 0 fully saturated rings. The number of nitriles is 1. The van der Waals surface area contributed by atoms with Crippen LogP contribution in [0, 0.1) is 11.3 Å². The number of carbonyl (C=O) groups excluding carboxylic acids is 1. The van der Waals surface area contributed by atoms with Crippen molar-refractivity contribution in [2.24, 2.45) is 0 Å². The molecule has 0 aliphatic rings. The first-order valence-corrected chi connectivity index (χ1v) is 11.4. The molecule has 0 radical (unpaired) electrons. The van der Waals surface area contributed by atoms with E-state index in [2.05, 4.69) is 30.1 Å². The average Bonchev–Trinajstić information content (AvgIpc) is 3.36. The Morgan fingerprint density at radius 2 is 2.06 bits per heavy atom. The lowest BCUT2D eigenvalue weighted by Gasteiger charge is -2.17. The lowest BCUT2D eigenvalue weighted by atomic mass is 10.1. The Morgan fingerprint density at radius 3 is 2.84 bits per heavy atom. The normalized spacial score (nSPS) is 11.3. The number of hydrogen-bond acceptors (Lipinski definition) is 5. The minimum absolute atomic E-state index is 0.0403. The molecule has 7 heteroatoms. The van der Waals surface area contributed by atoms with Gasteiger partial charge in [0, 0.05) is 23.9 Å². The predicted molar refractivity (Wildman–Crippen MR) is 125 cm³/mol. The summed E-state index contributed by atoms with van der Waals surface area (Å²) in [6, 6.07) is 15.4. The van der Waals surface area contributed by atoms with E-state index in [0.29, 0.717) is 17.7 Å². The quantitative estimate of drug-likeness (QED) is 0.416. The summed E-state index contributed by atoms with van der Waals surface area (Å²) < 4.78 is 3.07. The maximum Gasteiger partial charge on any atom is 0.251 e. The molecular weight excluding hydrogens is 406 g/mol. The number of rotatable bonds is 8. The Bertz CT molecular complexity index is 1260. The molecule has 31 heavy (non-hydrogen) atoms. The zero-order valence-corrected chi connectivity index (χ0v) is 18.6. The number of hydrogen-bond donors (Lipinski definition) is 1. The summed E-state index contributed by atoms with van der Waals surface area (Å²) in [4.78, 5) is 20.5. The van der Waals surface area contributed by atoms with E-state index in [1.807, 2.05) is 47.0 Å². The maximum absolute atomic E-state index is 12.6. The minimum Gasteiger partial charge on any atom is -0.352 e. The molecule has 0 bridgehead atoms. The van der Waals surface area contributed by atoms with Crippen LogP contribution >= 0.6 is 11.3 Å². The molecule has 4 rings (SSSR count). The van der Waals surface area contributed by atoms with Crippen LogP contribution in [0.4, 0.5) is 0 Å². The summed E-state index contributed by atoms with van der Waals surface area (Å²) in [5, 5.41) is 12.2. The summed E-state index contributed by atoms with van der Waals surface area (Å²) in [7, 11) is 0. The van der Waals surface area contributed by atoms with Gasteiger partial charge in [-0.15, -0.1) is 0 Å². The van der Waals surface area contributed by atoms with Crippen LogP contribution in [0.1, 0.15) is 36.2 Å². The number of aromatic nitrogens is 2. The van der Waals surface area contributed by atoms with Gasteiger partial charge < -0.3 is 10.2 Å². The lowest BCUT2D eigenvalue weighted by molar-refractivity contribution is 0.0952.